The van der Waals surface area contributed by atoms with Crippen molar-refractivity contribution in [2.24, 2.45) is 0 Å². The molecule has 1 amide bonds. The summed E-state index contributed by atoms with van der Waals surface area (Å²) in [5, 5.41) is 9.26. The lowest BCUT2D eigenvalue weighted by Crippen LogP contribution is -2.29. The molecule has 0 radical (unpaired) electrons. The molecule has 0 saturated carbocycles. The molecule has 0 fully saturated rings. The lowest BCUT2D eigenvalue weighted by Gasteiger charge is -2.26. The van der Waals surface area contributed by atoms with Gasteiger partial charge in [0, 0.05) is 37.0 Å². The van der Waals surface area contributed by atoms with Gasteiger partial charge in [0.25, 0.3) is 0 Å². The molecule has 1 atom stereocenters. The van der Waals surface area contributed by atoms with Crippen molar-refractivity contribution < 1.29 is 19.4 Å². The highest BCUT2D eigenvalue weighted by Gasteiger charge is 2.35. The Hall–Kier alpha value is -3.00. The van der Waals surface area contributed by atoms with E-state index in [1.165, 1.54) is 5.56 Å². The molecule has 1 heterocycles. The number of benzene rings is 3. The third kappa shape index (κ3) is 6.17. The maximum absolute atomic E-state index is 12.6. The van der Waals surface area contributed by atoms with Gasteiger partial charge in [-0.25, -0.2) is 0 Å². The number of anilines is 1. The van der Waals surface area contributed by atoms with Crippen LogP contribution in [0.3, 0.4) is 0 Å². The number of methoxy groups -OCH3 is 1. The van der Waals surface area contributed by atoms with Gasteiger partial charge in [-0.05, 0) is 42.3 Å². The van der Waals surface area contributed by atoms with E-state index >= 15 is 0 Å². The number of carbonyl (C=O) groups is 1. The molecule has 3 aromatic carbocycles. The first-order valence-electron chi connectivity index (χ1n) is 11.8. The predicted molar refractivity (Wildman–Crippen MR) is 140 cm³/mol. The van der Waals surface area contributed by atoms with Crippen molar-refractivity contribution in [1.82, 2.24) is 4.90 Å². The van der Waals surface area contributed by atoms with Crippen molar-refractivity contribution in [2.75, 3.05) is 38.3 Å². The average molecular weight is 493 g/mol. The zero-order valence-corrected chi connectivity index (χ0v) is 21.0. The number of nitrogens with zero attached hydrogens (tertiary/aromatic N) is 2. The molecule has 1 aliphatic rings. The van der Waals surface area contributed by atoms with Crippen LogP contribution in [0.2, 0.25) is 0 Å². The monoisotopic (exact) mass is 492 g/mol. The van der Waals surface area contributed by atoms with E-state index in [2.05, 4.69) is 17.0 Å². The average Bonchev–Trinajstić information content (AvgIpc) is 3.27. The maximum atomic E-state index is 12.6. The second kappa shape index (κ2) is 12.1. The Morgan fingerprint density at radius 1 is 1.06 bits per heavy atom. The Morgan fingerprint density at radius 2 is 1.83 bits per heavy atom. The van der Waals surface area contributed by atoms with Crippen LogP contribution in [0, 0.1) is 0 Å². The van der Waals surface area contributed by atoms with Crippen LogP contribution >= 0.6 is 11.8 Å². The molecule has 6 nitrogen and oxygen atoms in total. The Bertz CT molecular complexity index is 1120. The van der Waals surface area contributed by atoms with Crippen LogP contribution in [0.25, 0.3) is 0 Å². The second-order valence-electron chi connectivity index (χ2n) is 8.42. The zero-order chi connectivity index (χ0) is 24.6. The van der Waals surface area contributed by atoms with Crippen molar-refractivity contribution in [3.05, 3.63) is 83.9 Å². The molecule has 0 spiro atoms. The fourth-order valence-electron chi connectivity index (χ4n) is 4.29. The Labute approximate surface area is 211 Å². The first-order valence-corrected chi connectivity index (χ1v) is 12.7. The minimum absolute atomic E-state index is 0.0122. The van der Waals surface area contributed by atoms with E-state index in [0.29, 0.717) is 13.2 Å². The standard InChI is InChI=1S/C28H32N2O4S/c1-21(32)30-25-11-6-7-12-27(25)35-28(30)24-19-23(33-2)13-14-26(24)34-18-8-15-29(16-17-31)20-22-9-4-3-5-10-22/h3-7,9-14,19,28,31H,8,15-18,20H2,1-2H3. The molecule has 1 aliphatic heterocycles. The van der Waals surface area contributed by atoms with Crippen molar-refractivity contribution in [1.29, 1.82) is 0 Å². The van der Waals surface area contributed by atoms with Crippen molar-refractivity contribution in [2.45, 2.75) is 30.2 Å². The maximum Gasteiger partial charge on any atom is 0.225 e. The summed E-state index contributed by atoms with van der Waals surface area (Å²) in [5.41, 5.74) is 3.06. The van der Waals surface area contributed by atoms with Crippen LogP contribution in [-0.4, -0.2) is 49.3 Å². The number of rotatable bonds is 11. The summed E-state index contributed by atoms with van der Waals surface area (Å²) in [5.74, 6) is 1.46. The zero-order valence-electron chi connectivity index (χ0n) is 20.2. The summed E-state index contributed by atoms with van der Waals surface area (Å²) >= 11 is 1.64. The molecule has 4 rings (SSSR count). The van der Waals surface area contributed by atoms with Crippen molar-refractivity contribution in [3.8, 4) is 11.5 Å². The number of aliphatic hydroxyl groups excluding tert-OH is 1. The summed E-state index contributed by atoms with van der Waals surface area (Å²) in [6.45, 7) is 4.47. The van der Waals surface area contributed by atoms with E-state index in [1.54, 1.807) is 25.8 Å². The molecular weight excluding hydrogens is 460 g/mol. The number of fused-ring (bicyclic) bond motifs is 1. The highest BCUT2D eigenvalue weighted by Crippen LogP contribution is 2.53. The third-order valence-electron chi connectivity index (χ3n) is 5.96. The van der Waals surface area contributed by atoms with Crippen molar-refractivity contribution in [3.63, 3.8) is 0 Å². The lowest BCUT2D eigenvalue weighted by molar-refractivity contribution is -0.116. The quantitative estimate of drug-likeness (QED) is 0.375. The van der Waals surface area contributed by atoms with Gasteiger partial charge in [0.15, 0.2) is 0 Å². The van der Waals surface area contributed by atoms with E-state index in [4.69, 9.17) is 9.47 Å². The fourth-order valence-corrected chi connectivity index (χ4v) is 5.66. The number of thioether (sulfide) groups is 1. The smallest absolute Gasteiger partial charge is 0.225 e. The van der Waals surface area contributed by atoms with Gasteiger partial charge >= 0.3 is 0 Å². The lowest BCUT2D eigenvalue weighted by atomic mass is 10.1. The Balaban J connectivity index is 1.45. The molecule has 0 saturated heterocycles. The highest BCUT2D eigenvalue weighted by molar-refractivity contribution is 8.00. The number of amides is 1. The van der Waals surface area contributed by atoms with E-state index in [-0.39, 0.29) is 17.9 Å². The summed E-state index contributed by atoms with van der Waals surface area (Å²) in [6.07, 6.45) is 0.812. The van der Waals surface area contributed by atoms with Gasteiger partial charge in [0.2, 0.25) is 5.91 Å². The molecule has 35 heavy (non-hydrogen) atoms. The SMILES string of the molecule is COc1ccc(OCCCN(CCO)Cc2ccccc2)c(C2Sc3ccccc3N2C(C)=O)c1. The van der Waals surface area contributed by atoms with Crippen LogP contribution in [0.15, 0.2) is 77.7 Å². The molecule has 0 aromatic heterocycles. The number of hydrogen-bond acceptors (Lipinski definition) is 6. The molecule has 3 aromatic rings. The summed E-state index contributed by atoms with van der Waals surface area (Å²) < 4.78 is 11.7. The minimum Gasteiger partial charge on any atom is -0.497 e. The van der Waals surface area contributed by atoms with E-state index in [9.17, 15) is 9.90 Å². The second-order valence-corrected chi connectivity index (χ2v) is 9.54. The summed E-state index contributed by atoms with van der Waals surface area (Å²) in [6, 6.07) is 24.0. The van der Waals surface area contributed by atoms with Crippen molar-refractivity contribution >= 4 is 23.4 Å². The predicted octanol–water partition coefficient (Wildman–Crippen LogP) is 5.12. The molecular formula is C28H32N2O4S. The van der Waals surface area contributed by atoms with Crippen LogP contribution in [-0.2, 0) is 11.3 Å². The minimum atomic E-state index is -0.223. The van der Waals surface area contributed by atoms with Gasteiger partial charge in [0.1, 0.15) is 16.9 Å². The van der Waals surface area contributed by atoms with Crippen LogP contribution in [0.1, 0.15) is 29.8 Å². The Morgan fingerprint density at radius 3 is 2.57 bits per heavy atom. The van der Waals surface area contributed by atoms with Gasteiger partial charge in [-0.2, -0.15) is 0 Å². The van der Waals surface area contributed by atoms with E-state index in [0.717, 1.165) is 47.2 Å². The third-order valence-corrected chi connectivity index (χ3v) is 7.25. The Kier molecular flexibility index (Phi) is 8.69. The topological polar surface area (TPSA) is 62.2 Å². The largest absolute Gasteiger partial charge is 0.497 e. The van der Waals surface area contributed by atoms with Crippen LogP contribution in [0.5, 0.6) is 11.5 Å². The van der Waals surface area contributed by atoms with Gasteiger partial charge in [-0.3, -0.25) is 14.6 Å². The molecule has 1 unspecified atom stereocenters. The van der Waals surface area contributed by atoms with Gasteiger partial charge in [-0.1, -0.05) is 54.2 Å². The number of aliphatic hydroxyl groups is 1. The fraction of sp³-hybridized carbons (Fsp3) is 0.321. The molecule has 0 bridgehead atoms. The van der Waals surface area contributed by atoms with Gasteiger partial charge in [0.05, 0.1) is 26.0 Å². The first-order chi connectivity index (χ1) is 17.1. The molecule has 184 valence electrons. The van der Waals surface area contributed by atoms with Crippen LogP contribution < -0.4 is 14.4 Å². The molecule has 7 heteroatoms. The van der Waals surface area contributed by atoms with E-state index in [1.807, 2.05) is 65.6 Å². The molecule has 0 aliphatic carbocycles. The van der Waals surface area contributed by atoms with E-state index < -0.39 is 0 Å². The first kappa shape index (κ1) is 25.1. The normalized spacial score (nSPS) is 14.7. The van der Waals surface area contributed by atoms with Crippen LogP contribution in [0.4, 0.5) is 5.69 Å². The summed E-state index contributed by atoms with van der Waals surface area (Å²) in [4.78, 5) is 17.7. The van der Waals surface area contributed by atoms with Gasteiger partial charge in [-0.15, -0.1) is 0 Å². The van der Waals surface area contributed by atoms with Gasteiger partial charge < -0.3 is 14.6 Å². The number of carbonyl (C=O) groups excluding carboxylic acids is 1. The molecule has 1 N–H and O–H groups in total. The number of ether oxygens (including phenoxy) is 2. The number of hydrogen-bond donors (Lipinski definition) is 1. The highest BCUT2D eigenvalue weighted by atomic mass is 32.2. The summed E-state index contributed by atoms with van der Waals surface area (Å²) in [7, 11) is 1.64. The number of para-hydroxylation sites is 1.